The van der Waals surface area contributed by atoms with E-state index in [0.29, 0.717) is 43.3 Å². The SMILES string of the molecule is C[C@H]1CCCC[C@H]1C(=O)N1CCc2c(Cl)ccc(OC3Cc4nnn(C)c4C3)c2[C@H]1CN1CC2(CC2)CC1=O. The van der Waals surface area contributed by atoms with Gasteiger partial charge in [0.2, 0.25) is 11.8 Å². The molecule has 1 spiro atoms. The second kappa shape index (κ2) is 9.50. The topological polar surface area (TPSA) is 80.6 Å². The van der Waals surface area contributed by atoms with Gasteiger partial charge in [0.15, 0.2) is 0 Å². The summed E-state index contributed by atoms with van der Waals surface area (Å²) in [5.41, 5.74) is 4.33. The third-order valence-corrected chi connectivity index (χ3v) is 10.6. The Bertz CT molecular complexity index is 1320. The van der Waals surface area contributed by atoms with E-state index in [0.717, 1.165) is 73.3 Å². The molecule has 9 heteroatoms. The van der Waals surface area contributed by atoms with Crippen LogP contribution in [0.15, 0.2) is 12.1 Å². The molecule has 4 atom stereocenters. The predicted octanol–water partition coefficient (Wildman–Crippen LogP) is 4.28. The van der Waals surface area contributed by atoms with Crippen LogP contribution in [-0.4, -0.2) is 62.3 Å². The summed E-state index contributed by atoms with van der Waals surface area (Å²) in [4.78, 5) is 31.5. The lowest BCUT2D eigenvalue weighted by Gasteiger charge is -2.43. The van der Waals surface area contributed by atoms with Crippen molar-refractivity contribution in [2.24, 2.45) is 24.3 Å². The number of hydrogen-bond donors (Lipinski definition) is 0. The highest BCUT2D eigenvalue weighted by molar-refractivity contribution is 6.31. The number of fused-ring (bicyclic) bond motifs is 2. The highest BCUT2D eigenvalue weighted by atomic mass is 35.5. The maximum atomic E-state index is 14.2. The molecule has 1 saturated heterocycles. The smallest absolute Gasteiger partial charge is 0.226 e. The number of nitrogens with zero attached hydrogens (tertiary/aromatic N) is 5. The van der Waals surface area contributed by atoms with Gasteiger partial charge in [-0.2, -0.15) is 0 Å². The molecule has 3 heterocycles. The molecule has 0 radical (unpaired) electrons. The molecular formula is C30H38ClN5O3. The number of aromatic nitrogens is 3. The molecular weight excluding hydrogens is 514 g/mol. The summed E-state index contributed by atoms with van der Waals surface area (Å²) in [6.07, 6.45) is 9.35. The summed E-state index contributed by atoms with van der Waals surface area (Å²) in [6.45, 7) is 4.16. The number of likely N-dealkylation sites (tertiary alicyclic amines) is 1. The van der Waals surface area contributed by atoms with Crippen molar-refractivity contribution in [3.05, 3.63) is 39.7 Å². The Balaban J connectivity index is 1.24. The average Bonchev–Trinajstić information content (AvgIpc) is 3.24. The summed E-state index contributed by atoms with van der Waals surface area (Å²) in [5, 5.41) is 9.17. The minimum Gasteiger partial charge on any atom is -0.489 e. The fourth-order valence-electron chi connectivity index (χ4n) is 7.70. The lowest BCUT2D eigenvalue weighted by Crippen LogP contribution is -2.49. The zero-order valence-electron chi connectivity index (χ0n) is 23.0. The summed E-state index contributed by atoms with van der Waals surface area (Å²) >= 11 is 6.81. The maximum absolute atomic E-state index is 14.2. The van der Waals surface area contributed by atoms with E-state index >= 15 is 0 Å². The molecule has 2 aromatic rings. The molecule has 208 valence electrons. The number of amides is 2. The number of halogens is 1. The van der Waals surface area contributed by atoms with E-state index < -0.39 is 0 Å². The van der Waals surface area contributed by atoms with Crippen LogP contribution < -0.4 is 4.74 Å². The summed E-state index contributed by atoms with van der Waals surface area (Å²) in [6, 6.07) is 3.63. The van der Waals surface area contributed by atoms with Crippen LogP contribution in [0.4, 0.5) is 0 Å². The van der Waals surface area contributed by atoms with Gasteiger partial charge in [0.25, 0.3) is 0 Å². The summed E-state index contributed by atoms with van der Waals surface area (Å²) in [5.74, 6) is 1.66. The van der Waals surface area contributed by atoms with Crippen molar-refractivity contribution in [2.45, 2.75) is 83.3 Å². The normalized spacial score (nSPS) is 29.1. The number of aryl methyl sites for hydroxylation is 1. The van der Waals surface area contributed by atoms with E-state index in [2.05, 4.69) is 22.1 Å². The summed E-state index contributed by atoms with van der Waals surface area (Å²) < 4.78 is 8.54. The van der Waals surface area contributed by atoms with Crippen LogP contribution in [0.3, 0.4) is 0 Å². The van der Waals surface area contributed by atoms with Crippen molar-refractivity contribution < 1.29 is 14.3 Å². The van der Waals surface area contributed by atoms with Crippen LogP contribution in [0.25, 0.3) is 0 Å². The number of hydrogen-bond acceptors (Lipinski definition) is 5. The van der Waals surface area contributed by atoms with Crippen LogP contribution in [-0.2, 0) is 35.9 Å². The van der Waals surface area contributed by atoms with Crippen molar-refractivity contribution in [2.75, 3.05) is 19.6 Å². The molecule has 2 amide bonds. The first kappa shape index (κ1) is 25.4. The Morgan fingerprint density at radius 1 is 1.21 bits per heavy atom. The van der Waals surface area contributed by atoms with Crippen molar-refractivity contribution in [3.63, 3.8) is 0 Å². The van der Waals surface area contributed by atoms with E-state index in [-0.39, 0.29) is 35.3 Å². The quantitative estimate of drug-likeness (QED) is 0.554. The van der Waals surface area contributed by atoms with Gasteiger partial charge >= 0.3 is 0 Å². The Kier molecular flexibility index (Phi) is 6.18. The van der Waals surface area contributed by atoms with Gasteiger partial charge in [-0.3, -0.25) is 14.3 Å². The first-order chi connectivity index (χ1) is 18.8. The Morgan fingerprint density at radius 3 is 2.77 bits per heavy atom. The van der Waals surface area contributed by atoms with Crippen LogP contribution in [0.2, 0.25) is 5.02 Å². The third-order valence-electron chi connectivity index (χ3n) is 10.2. The second-order valence-electron chi connectivity index (χ2n) is 12.8. The Hall–Kier alpha value is -2.61. The standard InChI is InChI=1S/C30H38ClN5O3/c1-18-5-3-4-6-20(18)29(38)36-12-9-21-22(31)7-8-26(39-19-13-23-24(14-19)34(2)33-32-23)28(21)25(36)16-35-17-30(10-11-30)15-27(35)37/h7-8,18-20,25H,3-6,9-17H2,1-2H3/t18-,19?,20+,25+/m0/s1. The van der Waals surface area contributed by atoms with Crippen molar-refractivity contribution >= 4 is 23.4 Å². The zero-order valence-corrected chi connectivity index (χ0v) is 23.8. The molecule has 39 heavy (non-hydrogen) atoms. The fourth-order valence-corrected chi connectivity index (χ4v) is 7.95. The molecule has 2 saturated carbocycles. The molecule has 0 bridgehead atoms. The highest BCUT2D eigenvalue weighted by Crippen LogP contribution is 2.54. The van der Waals surface area contributed by atoms with Gasteiger partial charge < -0.3 is 14.5 Å². The first-order valence-electron chi connectivity index (χ1n) is 14.8. The van der Waals surface area contributed by atoms with E-state index in [4.69, 9.17) is 16.3 Å². The number of carbonyl (C=O) groups is 2. The molecule has 0 N–H and O–H groups in total. The Morgan fingerprint density at radius 2 is 2.03 bits per heavy atom. The van der Waals surface area contributed by atoms with Crippen molar-refractivity contribution in [3.8, 4) is 5.75 Å². The van der Waals surface area contributed by atoms with Gasteiger partial charge in [-0.1, -0.05) is 36.6 Å². The van der Waals surface area contributed by atoms with Crippen molar-refractivity contribution in [1.29, 1.82) is 0 Å². The van der Waals surface area contributed by atoms with Gasteiger partial charge in [-0.15, -0.1) is 5.10 Å². The lowest BCUT2D eigenvalue weighted by atomic mass is 9.78. The molecule has 1 unspecified atom stereocenters. The molecule has 1 aromatic carbocycles. The van der Waals surface area contributed by atoms with Gasteiger partial charge in [-0.05, 0) is 61.1 Å². The number of ether oxygens (including phenoxy) is 1. The van der Waals surface area contributed by atoms with E-state index in [1.807, 2.05) is 28.8 Å². The van der Waals surface area contributed by atoms with E-state index in [9.17, 15) is 9.59 Å². The average molecular weight is 552 g/mol. The molecule has 5 aliphatic rings. The van der Waals surface area contributed by atoms with E-state index in [1.54, 1.807) is 0 Å². The lowest BCUT2D eigenvalue weighted by molar-refractivity contribution is -0.143. The minimum atomic E-state index is -0.259. The van der Waals surface area contributed by atoms with Gasteiger partial charge in [-0.25, -0.2) is 0 Å². The number of rotatable bonds is 5. The molecule has 3 fully saturated rings. The van der Waals surface area contributed by atoms with Gasteiger partial charge in [0.1, 0.15) is 11.9 Å². The highest BCUT2D eigenvalue weighted by Gasteiger charge is 2.52. The monoisotopic (exact) mass is 551 g/mol. The molecule has 1 aromatic heterocycles. The third kappa shape index (κ3) is 4.43. The largest absolute Gasteiger partial charge is 0.489 e. The second-order valence-corrected chi connectivity index (χ2v) is 13.2. The first-order valence-corrected chi connectivity index (χ1v) is 15.1. The fraction of sp³-hybridized carbons (Fsp3) is 0.667. The Labute approximate surface area is 235 Å². The van der Waals surface area contributed by atoms with Gasteiger partial charge in [0.05, 0.1) is 17.4 Å². The minimum absolute atomic E-state index is 0.0401. The maximum Gasteiger partial charge on any atom is 0.226 e. The molecule has 3 aliphatic carbocycles. The van der Waals surface area contributed by atoms with Crippen molar-refractivity contribution in [1.82, 2.24) is 24.8 Å². The van der Waals surface area contributed by atoms with Crippen LogP contribution in [0.1, 0.15) is 80.4 Å². The molecule has 2 aliphatic heterocycles. The zero-order chi connectivity index (χ0) is 26.9. The van der Waals surface area contributed by atoms with Crippen LogP contribution in [0.5, 0.6) is 5.75 Å². The van der Waals surface area contributed by atoms with Crippen LogP contribution >= 0.6 is 11.6 Å². The van der Waals surface area contributed by atoms with E-state index in [1.165, 1.54) is 6.42 Å². The number of benzene rings is 1. The predicted molar refractivity (Wildman–Crippen MR) is 146 cm³/mol. The molecule has 8 nitrogen and oxygen atoms in total. The molecule has 7 rings (SSSR count). The van der Waals surface area contributed by atoms with Gasteiger partial charge in [0, 0.05) is 62.4 Å². The van der Waals surface area contributed by atoms with Crippen LogP contribution in [0, 0.1) is 17.3 Å². The number of carbonyl (C=O) groups excluding carboxylic acids is 2. The summed E-state index contributed by atoms with van der Waals surface area (Å²) in [7, 11) is 1.92.